The van der Waals surface area contributed by atoms with E-state index in [1.165, 1.54) is 6.42 Å². The van der Waals surface area contributed by atoms with Crippen molar-refractivity contribution >= 4 is 5.91 Å². The van der Waals surface area contributed by atoms with Gasteiger partial charge in [-0.1, -0.05) is 30.3 Å². The first-order chi connectivity index (χ1) is 11.5. The van der Waals surface area contributed by atoms with Crippen molar-refractivity contribution in [1.82, 2.24) is 10.3 Å². The summed E-state index contributed by atoms with van der Waals surface area (Å²) in [5.41, 5.74) is 0.104. The third-order valence-electron chi connectivity index (χ3n) is 4.33. The molecule has 3 rings (SSSR count). The molecular weight excluding hydrogens is 304 g/mol. The van der Waals surface area contributed by atoms with Crippen molar-refractivity contribution in [2.45, 2.75) is 37.9 Å². The van der Waals surface area contributed by atoms with Crippen LogP contribution in [-0.4, -0.2) is 28.6 Å². The number of carbonyl (C=O) groups excluding carboxylic acids is 1. The van der Waals surface area contributed by atoms with Crippen molar-refractivity contribution in [3.63, 3.8) is 0 Å². The van der Waals surface area contributed by atoms with E-state index in [9.17, 15) is 9.90 Å². The number of rotatable bonds is 6. The van der Waals surface area contributed by atoms with Crippen LogP contribution in [0.3, 0.4) is 0 Å². The molecule has 24 heavy (non-hydrogen) atoms. The van der Waals surface area contributed by atoms with Crippen molar-refractivity contribution < 1.29 is 14.6 Å². The maximum absolute atomic E-state index is 12.3. The van der Waals surface area contributed by atoms with E-state index >= 15 is 0 Å². The smallest absolute Gasteiger partial charge is 0.251 e. The van der Waals surface area contributed by atoms with E-state index in [2.05, 4.69) is 10.3 Å². The Hall–Kier alpha value is -2.40. The molecule has 1 atom stereocenters. The van der Waals surface area contributed by atoms with Crippen LogP contribution < -0.4 is 10.1 Å². The second-order valence-electron chi connectivity index (χ2n) is 6.38. The monoisotopic (exact) mass is 326 g/mol. The average Bonchev–Trinajstić information content (AvgIpc) is 2.57. The second kappa shape index (κ2) is 7.01. The summed E-state index contributed by atoms with van der Waals surface area (Å²) in [6.07, 6.45) is 5.04. The van der Waals surface area contributed by atoms with E-state index in [1.54, 1.807) is 25.3 Å². The highest BCUT2D eigenvalue weighted by atomic mass is 16.5. The molecule has 2 aromatic rings. The minimum atomic E-state index is -1.13. The van der Waals surface area contributed by atoms with Crippen LogP contribution in [0.2, 0.25) is 0 Å². The minimum Gasteiger partial charge on any atom is -0.474 e. The van der Waals surface area contributed by atoms with Crippen LogP contribution in [0.4, 0.5) is 0 Å². The van der Waals surface area contributed by atoms with E-state index in [4.69, 9.17) is 4.74 Å². The molecule has 1 unspecified atom stereocenters. The van der Waals surface area contributed by atoms with Gasteiger partial charge in [-0.25, -0.2) is 4.98 Å². The van der Waals surface area contributed by atoms with Crippen LogP contribution in [0.5, 0.6) is 5.88 Å². The van der Waals surface area contributed by atoms with Crippen molar-refractivity contribution in [3.05, 3.63) is 59.8 Å². The standard InChI is InChI=1S/C19H22N2O3/c1-19(23,15-6-3-2-4-7-15)13-21-18(22)14-10-11-20-17(12-14)24-16-8-5-9-16/h2-4,6-7,10-12,16,23H,5,8-9,13H2,1H3,(H,21,22). The van der Waals surface area contributed by atoms with Crippen molar-refractivity contribution in [3.8, 4) is 5.88 Å². The van der Waals surface area contributed by atoms with Gasteiger partial charge >= 0.3 is 0 Å². The molecule has 1 amide bonds. The molecule has 5 nitrogen and oxygen atoms in total. The molecule has 0 aliphatic heterocycles. The fourth-order valence-electron chi connectivity index (χ4n) is 2.53. The van der Waals surface area contributed by atoms with E-state index < -0.39 is 5.60 Å². The van der Waals surface area contributed by atoms with Crippen LogP contribution >= 0.6 is 0 Å². The van der Waals surface area contributed by atoms with Crippen molar-refractivity contribution in [1.29, 1.82) is 0 Å². The zero-order chi connectivity index (χ0) is 17.0. The third kappa shape index (κ3) is 3.92. The van der Waals surface area contributed by atoms with Gasteiger partial charge in [-0.3, -0.25) is 4.79 Å². The molecule has 1 saturated carbocycles. The number of carbonyl (C=O) groups is 1. The summed E-state index contributed by atoms with van der Waals surface area (Å²) in [5, 5.41) is 13.3. The number of hydrogen-bond donors (Lipinski definition) is 2. The summed E-state index contributed by atoms with van der Waals surface area (Å²) in [6.45, 7) is 1.80. The molecule has 0 bridgehead atoms. The Bertz CT molecular complexity index is 697. The lowest BCUT2D eigenvalue weighted by Gasteiger charge is -2.26. The number of ether oxygens (including phenoxy) is 1. The second-order valence-corrected chi connectivity index (χ2v) is 6.38. The predicted octanol–water partition coefficient (Wildman–Crippen LogP) is 2.65. The van der Waals surface area contributed by atoms with E-state index in [-0.39, 0.29) is 18.6 Å². The number of nitrogens with one attached hydrogen (secondary N) is 1. The fraction of sp³-hybridized carbons (Fsp3) is 0.368. The molecule has 1 fully saturated rings. The number of hydrogen-bond acceptors (Lipinski definition) is 4. The number of aliphatic hydroxyl groups is 1. The van der Waals surface area contributed by atoms with Crippen LogP contribution in [0.15, 0.2) is 48.7 Å². The molecule has 0 spiro atoms. The van der Waals surface area contributed by atoms with Gasteiger partial charge in [0.1, 0.15) is 11.7 Å². The predicted molar refractivity (Wildman–Crippen MR) is 90.9 cm³/mol. The lowest BCUT2D eigenvalue weighted by atomic mass is 9.96. The zero-order valence-corrected chi connectivity index (χ0v) is 13.7. The summed E-state index contributed by atoms with van der Waals surface area (Å²) in [7, 11) is 0. The average molecular weight is 326 g/mol. The van der Waals surface area contributed by atoms with E-state index in [0.717, 1.165) is 18.4 Å². The minimum absolute atomic E-state index is 0.122. The van der Waals surface area contributed by atoms with Gasteiger partial charge in [0, 0.05) is 17.8 Å². The van der Waals surface area contributed by atoms with E-state index in [0.29, 0.717) is 11.4 Å². The Morgan fingerprint density at radius 1 is 1.33 bits per heavy atom. The zero-order valence-electron chi connectivity index (χ0n) is 13.7. The summed E-state index contributed by atoms with van der Waals surface area (Å²) in [6, 6.07) is 12.6. The van der Waals surface area contributed by atoms with Crippen LogP contribution in [0, 0.1) is 0 Å². The fourth-order valence-corrected chi connectivity index (χ4v) is 2.53. The van der Waals surface area contributed by atoms with Crippen LogP contribution in [0.1, 0.15) is 42.1 Å². The highest BCUT2D eigenvalue weighted by molar-refractivity contribution is 5.94. The molecule has 0 saturated heterocycles. The van der Waals surface area contributed by atoms with Gasteiger partial charge in [-0.2, -0.15) is 0 Å². The Morgan fingerprint density at radius 3 is 2.75 bits per heavy atom. The first kappa shape index (κ1) is 16.5. The third-order valence-corrected chi connectivity index (χ3v) is 4.33. The quantitative estimate of drug-likeness (QED) is 0.856. The van der Waals surface area contributed by atoms with E-state index in [1.807, 2.05) is 30.3 Å². The Kier molecular flexibility index (Phi) is 4.81. The first-order valence-electron chi connectivity index (χ1n) is 8.23. The lowest BCUT2D eigenvalue weighted by molar-refractivity contribution is 0.0526. The molecule has 0 radical (unpaired) electrons. The topological polar surface area (TPSA) is 71.5 Å². The van der Waals surface area contributed by atoms with Gasteiger partial charge in [0.05, 0.1) is 6.54 Å². The number of benzene rings is 1. The van der Waals surface area contributed by atoms with Crippen LogP contribution in [0.25, 0.3) is 0 Å². The molecule has 126 valence electrons. The Balaban J connectivity index is 1.61. The van der Waals surface area contributed by atoms with Gasteiger partial charge in [-0.15, -0.1) is 0 Å². The SMILES string of the molecule is CC(O)(CNC(=O)c1ccnc(OC2CCC2)c1)c1ccccc1. The van der Waals surface area contributed by atoms with Gasteiger partial charge in [0.25, 0.3) is 5.91 Å². The number of pyridine rings is 1. The Morgan fingerprint density at radius 2 is 2.08 bits per heavy atom. The summed E-state index contributed by atoms with van der Waals surface area (Å²) < 4.78 is 5.72. The summed E-state index contributed by atoms with van der Waals surface area (Å²) in [5.74, 6) is 0.217. The normalized spacial score (nSPS) is 16.8. The molecule has 2 N–H and O–H groups in total. The summed E-state index contributed by atoms with van der Waals surface area (Å²) >= 11 is 0. The molecule has 1 heterocycles. The van der Waals surface area contributed by atoms with Gasteiger partial charge in [0.15, 0.2) is 0 Å². The first-order valence-corrected chi connectivity index (χ1v) is 8.23. The lowest BCUT2D eigenvalue weighted by Crippen LogP contribution is -2.38. The van der Waals surface area contributed by atoms with Gasteiger partial charge in [0.2, 0.25) is 5.88 Å². The molecule has 1 aliphatic carbocycles. The number of nitrogens with zero attached hydrogens (tertiary/aromatic N) is 1. The van der Waals surface area contributed by atoms with Crippen molar-refractivity contribution in [2.24, 2.45) is 0 Å². The largest absolute Gasteiger partial charge is 0.474 e. The molecule has 1 aromatic carbocycles. The molecular formula is C19H22N2O3. The van der Waals surface area contributed by atoms with Gasteiger partial charge < -0.3 is 15.2 Å². The maximum atomic E-state index is 12.3. The summed E-state index contributed by atoms with van der Waals surface area (Å²) in [4.78, 5) is 16.5. The highest BCUT2D eigenvalue weighted by Gasteiger charge is 2.24. The molecule has 1 aliphatic rings. The molecule has 1 aromatic heterocycles. The highest BCUT2D eigenvalue weighted by Crippen LogP contribution is 2.24. The molecule has 5 heteroatoms. The Labute approximate surface area is 141 Å². The van der Waals surface area contributed by atoms with Gasteiger partial charge in [-0.05, 0) is 37.8 Å². The van der Waals surface area contributed by atoms with Crippen LogP contribution in [-0.2, 0) is 5.60 Å². The number of amides is 1. The number of aromatic nitrogens is 1. The van der Waals surface area contributed by atoms with Crippen molar-refractivity contribution in [2.75, 3.05) is 6.54 Å². The maximum Gasteiger partial charge on any atom is 0.251 e.